The standard InChI is InChI=1S/C22H19FN4O/c1-13-2-3-14(15-6-7-24-10-15)8-17(13)16-4-5-21-25-20(12-27(21)11-16)26-22(28)18-9-19(18)23/h2-8,10-12,18-19,24H,9H2,1H3,(H,26,28)/t18-,19+/m1/s1. The van der Waals surface area contributed by atoms with E-state index in [1.54, 1.807) is 6.20 Å². The highest BCUT2D eigenvalue weighted by molar-refractivity contribution is 5.94. The van der Waals surface area contributed by atoms with E-state index in [0.717, 1.165) is 27.9 Å². The van der Waals surface area contributed by atoms with Gasteiger partial charge >= 0.3 is 0 Å². The van der Waals surface area contributed by atoms with E-state index >= 15 is 0 Å². The van der Waals surface area contributed by atoms with Crippen LogP contribution in [0.3, 0.4) is 0 Å². The number of anilines is 1. The van der Waals surface area contributed by atoms with Gasteiger partial charge in [-0.15, -0.1) is 0 Å². The number of aryl methyl sites for hydroxylation is 1. The number of hydrogen-bond acceptors (Lipinski definition) is 2. The minimum atomic E-state index is -1.01. The van der Waals surface area contributed by atoms with E-state index in [1.165, 1.54) is 5.56 Å². The lowest BCUT2D eigenvalue weighted by Gasteiger charge is -2.09. The quantitative estimate of drug-likeness (QED) is 0.548. The number of benzene rings is 1. The first kappa shape index (κ1) is 16.7. The van der Waals surface area contributed by atoms with Crippen LogP contribution in [0.5, 0.6) is 0 Å². The zero-order chi connectivity index (χ0) is 19.3. The van der Waals surface area contributed by atoms with Gasteiger partial charge in [0.25, 0.3) is 0 Å². The normalized spacial score (nSPS) is 18.4. The fraction of sp³-hybridized carbons (Fsp3) is 0.182. The summed E-state index contributed by atoms with van der Waals surface area (Å²) in [6, 6.07) is 12.4. The third-order valence-corrected chi connectivity index (χ3v) is 5.23. The average Bonchev–Trinajstić information content (AvgIpc) is 3.09. The Hall–Kier alpha value is -3.41. The number of carbonyl (C=O) groups is 1. The van der Waals surface area contributed by atoms with E-state index in [-0.39, 0.29) is 5.91 Å². The van der Waals surface area contributed by atoms with Crippen LogP contribution < -0.4 is 5.32 Å². The van der Waals surface area contributed by atoms with Gasteiger partial charge in [0.05, 0.1) is 12.1 Å². The Morgan fingerprint density at radius 1 is 1.18 bits per heavy atom. The maximum absolute atomic E-state index is 13.1. The molecule has 6 heteroatoms. The molecule has 0 radical (unpaired) electrons. The molecule has 5 rings (SSSR count). The molecule has 1 saturated carbocycles. The number of imidazole rings is 1. The maximum atomic E-state index is 13.1. The Morgan fingerprint density at radius 2 is 2.00 bits per heavy atom. The number of H-pyrrole nitrogens is 1. The van der Waals surface area contributed by atoms with Crippen molar-refractivity contribution in [1.29, 1.82) is 0 Å². The van der Waals surface area contributed by atoms with Crippen LogP contribution in [0, 0.1) is 12.8 Å². The molecular formula is C22H19FN4O. The van der Waals surface area contributed by atoms with Crippen molar-refractivity contribution in [3.63, 3.8) is 0 Å². The minimum absolute atomic E-state index is 0.300. The molecule has 4 aromatic rings. The number of nitrogens with zero attached hydrogens (tertiary/aromatic N) is 2. The predicted octanol–water partition coefficient (Wildman–Crippen LogP) is 4.60. The fourth-order valence-corrected chi connectivity index (χ4v) is 3.48. The van der Waals surface area contributed by atoms with Gasteiger partial charge in [-0.1, -0.05) is 12.1 Å². The Bertz CT molecular complexity index is 1180. The molecule has 1 aliphatic carbocycles. The summed E-state index contributed by atoms with van der Waals surface area (Å²) in [5.74, 6) is -0.385. The smallest absolute Gasteiger partial charge is 0.231 e. The van der Waals surface area contributed by atoms with E-state index in [1.807, 2.05) is 41.2 Å². The van der Waals surface area contributed by atoms with Crippen LogP contribution in [-0.4, -0.2) is 26.4 Å². The van der Waals surface area contributed by atoms with Gasteiger partial charge in [-0.3, -0.25) is 4.79 Å². The first-order valence-corrected chi connectivity index (χ1v) is 9.26. The molecule has 0 saturated heterocycles. The molecule has 3 heterocycles. The van der Waals surface area contributed by atoms with Gasteiger partial charge in [0.1, 0.15) is 11.8 Å². The molecule has 0 aliphatic heterocycles. The third-order valence-electron chi connectivity index (χ3n) is 5.23. The van der Waals surface area contributed by atoms with E-state index in [9.17, 15) is 9.18 Å². The molecule has 0 bridgehead atoms. The number of carbonyl (C=O) groups excluding carboxylic acids is 1. The molecule has 1 aromatic carbocycles. The second-order valence-electron chi connectivity index (χ2n) is 7.29. The molecule has 5 nitrogen and oxygen atoms in total. The highest BCUT2D eigenvalue weighted by atomic mass is 19.1. The molecule has 2 N–H and O–H groups in total. The van der Waals surface area contributed by atoms with Gasteiger partial charge in [0, 0.05) is 18.6 Å². The zero-order valence-corrected chi connectivity index (χ0v) is 15.3. The molecule has 1 amide bonds. The van der Waals surface area contributed by atoms with Crippen molar-refractivity contribution in [3.05, 3.63) is 66.7 Å². The summed E-state index contributed by atoms with van der Waals surface area (Å²) < 4.78 is 14.9. The number of aromatic nitrogens is 3. The number of nitrogens with one attached hydrogen (secondary N) is 2. The summed E-state index contributed by atoms with van der Waals surface area (Å²) in [4.78, 5) is 19.4. The summed E-state index contributed by atoms with van der Waals surface area (Å²) in [7, 11) is 0. The van der Waals surface area contributed by atoms with E-state index < -0.39 is 12.1 Å². The predicted molar refractivity (Wildman–Crippen MR) is 107 cm³/mol. The fourth-order valence-electron chi connectivity index (χ4n) is 3.48. The lowest BCUT2D eigenvalue weighted by atomic mass is 9.97. The highest BCUT2D eigenvalue weighted by Crippen LogP contribution is 2.35. The van der Waals surface area contributed by atoms with Gasteiger partial charge in [-0.05, 0) is 65.4 Å². The number of fused-ring (bicyclic) bond motifs is 1. The van der Waals surface area contributed by atoms with Crippen LogP contribution in [0.4, 0.5) is 10.2 Å². The molecule has 28 heavy (non-hydrogen) atoms. The van der Waals surface area contributed by atoms with Gasteiger partial charge in [0.2, 0.25) is 5.91 Å². The van der Waals surface area contributed by atoms with Gasteiger partial charge in [0.15, 0.2) is 5.82 Å². The van der Waals surface area contributed by atoms with Crippen LogP contribution in [0.15, 0.2) is 61.2 Å². The Labute approximate surface area is 161 Å². The second-order valence-corrected chi connectivity index (χ2v) is 7.29. The first-order valence-electron chi connectivity index (χ1n) is 9.26. The largest absolute Gasteiger partial charge is 0.367 e. The van der Waals surface area contributed by atoms with Crippen LogP contribution in [0.2, 0.25) is 0 Å². The number of alkyl halides is 1. The topological polar surface area (TPSA) is 62.2 Å². The number of halogens is 1. The van der Waals surface area contributed by atoms with Crippen molar-refractivity contribution >= 4 is 17.4 Å². The number of amides is 1. The lowest BCUT2D eigenvalue weighted by molar-refractivity contribution is -0.117. The van der Waals surface area contributed by atoms with Crippen molar-refractivity contribution in [2.75, 3.05) is 5.32 Å². The number of rotatable bonds is 4. The van der Waals surface area contributed by atoms with Crippen LogP contribution in [-0.2, 0) is 4.79 Å². The van der Waals surface area contributed by atoms with Crippen molar-refractivity contribution in [2.24, 2.45) is 5.92 Å². The minimum Gasteiger partial charge on any atom is -0.367 e. The van der Waals surface area contributed by atoms with Crippen molar-refractivity contribution in [1.82, 2.24) is 14.4 Å². The SMILES string of the molecule is Cc1ccc(-c2cc[nH]c2)cc1-c1ccc2nc(NC(=O)[C@@H]3C[C@@H]3F)cn2c1. The van der Waals surface area contributed by atoms with Crippen molar-refractivity contribution in [3.8, 4) is 22.3 Å². The van der Waals surface area contributed by atoms with E-state index in [0.29, 0.717) is 12.2 Å². The molecule has 140 valence electrons. The molecule has 0 spiro atoms. The summed E-state index contributed by atoms with van der Waals surface area (Å²) in [6.07, 6.45) is 6.94. The Balaban J connectivity index is 1.48. The second kappa shape index (κ2) is 6.34. The van der Waals surface area contributed by atoms with Gasteiger partial charge in [-0.2, -0.15) is 0 Å². The average molecular weight is 374 g/mol. The first-order chi connectivity index (χ1) is 13.6. The van der Waals surface area contributed by atoms with Crippen LogP contribution in [0.25, 0.3) is 27.9 Å². The molecular weight excluding hydrogens is 355 g/mol. The summed E-state index contributed by atoms with van der Waals surface area (Å²) in [6.45, 7) is 2.09. The summed E-state index contributed by atoms with van der Waals surface area (Å²) in [5, 5.41) is 2.71. The number of pyridine rings is 1. The Kier molecular flexibility index (Phi) is 3.79. The molecule has 1 aliphatic rings. The molecule has 0 unspecified atom stereocenters. The number of hydrogen-bond donors (Lipinski definition) is 2. The zero-order valence-electron chi connectivity index (χ0n) is 15.3. The van der Waals surface area contributed by atoms with E-state index in [4.69, 9.17) is 0 Å². The van der Waals surface area contributed by atoms with Crippen molar-refractivity contribution < 1.29 is 9.18 Å². The van der Waals surface area contributed by atoms with Crippen LogP contribution in [0.1, 0.15) is 12.0 Å². The monoisotopic (exact) mass is 374 g/mol. The van der Waals surface area contributed by atoms with Gasteiger partial charge < -0.3 is 14.7 Å². The molecule has 2 atom stereocenters. The van der Waals surface area contributed by atoms with E-state index in [2.05, 4.69) is 40.4 Å². The van der Waals surface area contributed by atoms with Gasteiger partial charge in [-0.25, -0.2) is 9.37 Å². The lowest BCUT2D eigenvalue weighted by Crippen LogP contribution is -2.15. The van der Waals surface area contributed by atoms with Crippen molar-refractivity contribution in [2.45, 2.75) is 19.5 Å². The van der Waals surface area contributed by atoms with Crippen LogP contribution >= 0.6 is 0 Å². The highest BCUT2D eigenvalue weighted by Gasteiger charge is 2.43. The third kappa shape index (κ3) is 2.97. The summed E-state index contributed by atoms with van der Waals surface area (Å²) in [5.41, 5.74) is 6.38. The maximum Gasteiger partial charge on any atom is 0.231 e. The number of aromatic amines is 1. The summed E-state index contributed by atoms with van der Waals surface area (Å²) >= 11 is 0. The molecule has 3 aromatic heterocycles. The molecule has 1 fully saturated rings. The Morgan fingerprint density at radius 3 is 2.75 bits per heavy atom.